The van der Waals surface area contributed by atoms with E-state index in [0.29, 0.717) is 12.2 Å². The van der Waals surface area contributed by atoms with Gasteiger partial charge in [-0.2, -0.15) is 0 Å². The van der Waals surface area contributed by atoms with Crippen molar-refractivity contribution in [2.24, 2.45) is 0 Å². The normalized spacial score (nSPS) is 15.7. The van der Waals surface area contributed by atoms with Gasteiger partial charge >= 0.3 is 5.97 Å². The molecule has 0 spiro atoms. The first-order valence-electron chi connectivity index (χ1n) is 7.46. The maximum atomic E-state index is 11.5. The Morgan fingerprint density at radius 1 is 1.43 bits per heavy atom. The van der Waals surface area contributed by atoms with Gasteiger partial charge in [-0.3, -0.25) is 4.90 Å². The predicted molar refractivity (Wildman–Crippen MR) is 80.6 cm³/mol. The molecule has 1 aromatic heterocycles. The monoisotopic (exact) mass is 293 g/mol. The maximum absolute atomic E-state index is 11.5. The van der Waals surface area contributed by atoms with Crippen molar-refractivity contribution >= 4 is 11.8 Å². The Kier molecular flexibility index (Phi) is 6.43. The lowest BCUT2D eigenvalue weighted by Crippen LogP contribution is -2.37. The van der Waals surface area contributed by atoms with Crippen LogP contribution in [-0.2, 0) is 9.47 Å². The van der Waals surface area contributed by atoms with Crippen LogP contribution < -0.4 is 5.32 Å². The van der Waals surface area contributed by atoms with E-state index in [4.69, 9.17) is 9.47 Å². The average molecular weight is 293 g/mol. The van der Waals surface area contributed by atoms with Gasteiger partial charge in [0, 0.05) is 25.8 Å². The van der Waals surface area contributed by atoms with Crippen LogP contribution in [0.3, 0.4) is 0 Å². The highest BCUT2D eigenvalue weighted by Gasteiger charge is 2.09. The summed E-state index contributed by atoms with van der Waals surface area (Å²) in [6.45, 7) is 7.81. The van der Waals surface area contributed by atoms with E-state index in [1.807, 2.05) is 0 Å². The van der Waals surface area contributed by atoms with Gasteiger partial charge in [-0.1, -0.05) is 0 Å². The number of rotatable bonds is 7. The molecule has 1 fully saturated rings. The summed E-state index contributed by atoms with van der Waals surface area (Å²) < 4.78 is 10.2. The van der Waals surface area contributed by atoms with Crippen LogP contribution in [-0.4, -0.2) is 61.9 Å². The zero-order valence-corrected chi connectivity index (χ0v) is 12.5. The van der Waals surface area contributed by atoms with Crippen LogP contribution in [0.15, 0.2) is 18.3 Å². The summed E-state index contributed by atoms with van der Waals surface area (Å²) in [6, 6.07) is 3.54. The second-order valence-corrected chi connectivity index (χ2v) is 4.89. The number of hydrogen-bond acceptors (Lipinski definition) is 6. The van der Waals surface area contributed by atoms with Crippen LogP contribution in [0.5, 0.6) is 0 Å². The number of morpholine rings is 1. The van der Waals surface area contributed by atoms with Crippen LogP contribution in [0.2, 0.25) is 0 Å². The van der Waals surface area contributed by atoms with Crippen molar-refractivity contribution in [3.05, 3.63) is 23.9 Å². The highest BCUT2D eigenvalue weighted by Crippen LogP contribution is 2.07. The molecule has 6 heteroatoms. The quantitative estimate of drug-likeness (QED) is 0.605. The number of nitrogens with zero attached hydrogens (tertiary/aromatic N) is 2. The molecule has 1 saturated heterocycles. The van der Waals surface area contributed by atoms with Crippen molar-refractivity contribution in [2.45, 2.75) is 13.3 Å². The molecule has 0 unspecified atom stereocenters. The lowest BCUT2D eigenvalue weighted by molar-refractivity contribution is 0.0378. The number of ether oxygens (including phenoxy) is 2. The molecule has 0 atom stereocenters. The molecule has 0 aliphatic carbocycles. The summed E-state index contributed by atoms with van der Waals surface area (Å²) in [6.07, 6.45) is 2.60. The number of pyridine rings is 1. The molecule has 0 bridgehead atoms. The molecule has 0 radical (unpaired) electrons. The minimum atomic E-state index is -0.330. The van der Waals surface area contributed by atoms with Crippen molar-refractivity contribution < 1.29 is 14.3 Å². The van der Waals surface area contributed by atoms with Crippen molar-refractivity contribution in [2.75, 3.05) is 51.3 Å². The lowest BCUT2D eigenvalue weighted by Gasteiger charge is -2.26. The lowest BCUT2D eigenvalue weighted by atomic mass is 10.3. The first-order valence-corrected chi connectivity index (χ1v) is 7.46. The molecule has 0 saturated carbocycles. The second-order valence-electron chi connectivity index (χ2n) is 4.89. The van der Waals surface area contributed by atoms with Gasteiger partial charge in [0.05, 0.1) is 25.4 Å². The Morgan fingerprint density at radius 3 is 2.90 bits per heavy atom. The van der Waals surface area contributed by atoms with Gasteiger partial charge in [0.15, 0.2) is 0 Å². The molecule has 2 heterocycles. The van der Waals surface area contributed by atoms with Crippen molar-refractivity contribution in [3.63, 3.8) is 0 Å². The first kappa shape index (κ1) is 15.7. The molecule has 1 aliphatic heterocycles. The fraction of sp³-hybridized carbons (Fsp3) is 0.600. The fourth-order valence-electron chi connectivity index (χ4n) is 2.18. The van der Waals surface area contributed by atoms with E-state index in [0.717, 1.165) is 51.6 Å². The number of hydrogen-bond donors (Lipinski definition) is 1. The van der Waals surface area contributed by atoms with Gasteiger partial charge in [-0.15, -0.1) is 0 Å². The third-order valence-corrected chi connectivity index (χ3v) is 3.34. The fourth-order valence-corrected chi connectivity index (χ4v) is 2.18. The number of anilines is 1. The topological polar surface area (TPSA) is 63.7 Å². The van der Waals surface area contributed by atoms with E-state index in [1.54, 1.807) is 25.3 Å². The summed E-state index contributed by atoms with van der Waals surface area (Å²) in [5, 5.41) is 3.26. The van der Waals surface area contributed by atoms with E-state index >= 15 is 0 Å². The number of carbonyl (C=O) groups is 1. The van der Waals surface area contributed by atoms with Crippen molar-refractivity contribution in [3.8, 4) is 0 Å². The zero-order valence-electron chi connectivity index (χ0n) is 12.5. The van der Waals surface area contributed by atoms with Crippen LogP contribution in [0.4, 0.5) is 5.82 Å². The molecule has 21 heavy (non-hydrogen) atoms. The highest BCUT2D eigenvalue weighted by atomic mass is 16.5. The zero-order chi connectivity index (χ0) is 14.9. The summed E-state index contributed by atoms with van der Waals surface area (Å²) >= 11 is 0. The minimum Gasteiger partial charge on any atom is -0.462 e. The third kappa shape index (κ3) is 5.32. The molecular formula is C15H23N3O3. The molecule has 2 rings (SSSR count). The SMILES string of the molecule is CCOC(=O)c1ccc(NCCCN2CCOCC2)nc1. The van der Waals surface area contributed by atoms with E-state index < -0.39 is 0 Å². The van der Waals surface area contributed by atoms with E-state index in [2.05, 4.69) is 15.2 Å². The van der Waals surface area contributed by atoms with Gasteiger partial charge in [0.25, 0.3) is 0 Å². The molecule has 1 N–H and O–H groups in total. The molecule has 116 valence electrons. The molecule has 0 aromatic carbocycles. The highest BCUT2D eigenvalue weighted by molar-refractivity contribution is 5.89. The van der Waals surface area contributed by atoms with Gasteiger partial charge in [-0.25, -0.2) is 9.78 Å². The number of carbonyl (C=O) groups excluding carboxylic acids is 1. The van der Waals surface area contributed by atoms with Gasteiger partial charge in [0.1, 0.15) is 5.82 Å². The van der Waals surface area contributed by atoms with Crippen LogP contribution in [0.25, 0.3) is 0 Å². The smallest absolute Gasteiger partial charge is 0.339 e. The number of nitrogens with one attached hydrogen (secondary N) is 1. The van der Waals surface area contributed by atoms with Gasteiger partial charge < -0.3 is 14.8 Å². The molecule has 0 amide bonds. The maximum Gasteiger partial charge on any atom is 0.339 e. The summed E-state index contributed by atoms with van der Waals surface area (Å²) in [5.41, 5.74) is 0.482. The minimum absolute atomic E-state index is 0.330. The van der Waals surface area contributed by atoms with Crippen LogP contribution in [0, 0.1) is 0 Å². The predicted octanol–water partition coefficient (Wildman–Crippen LogP) is 1.39. The Bertz CT molecular complexity index is 430. The third-order valence-electron chi connectivity index (χ3n) is 3.34. The number of aromatic nitrogens is 1. The molecule has 1 aliphatic rings. The van der Waals surface area contributed by atoms with Gasteiger partial charge in [0.2, 0.25) is 0 Å². The molecule has 1 aromatic rings. The Balaban J connectivity index is 1.67. The first-order chi connectivity index (χ1) is 10.3. The Morgan fingerprint density at radius 2 is 2.24 bits per heavy atom. The number of esters is 1. The Labute approximate surface area is 125 Å². The van der Waals surface area contributed by atoms with E-state index in [1.165, 1.54) is 0 Å². The van der Waals surface area contributed by atoms with Crippen molar-refractivity contribution in [1.82, 2.24) is 9.88 Å². The summed E-state index contributed by atoms with van der Waals surface area (Å²) in [7, 11) is 0. The van der Waals surface area contributed by atoms with E-state index in [-0.39, 0.29) is 5.97 Å². The van der Waals surface area contributed by atoms with Crippen LogP contribution >= 0.6 is 0 Å². The summed E-state index contributed by atoms with van der Waals surface area (Å²) in [4.78, 5) is 18.1. The largest absolute Gasteiger partial charge is 0.462 e. The van der Waals surface area contributed by atoms with Crippen molar-refractivity contribution in [1.29, 1.82) is 0 Å². The molecular weight excluding hydrogens is 270 g/mol. The van der Waals surface area contributed by atoms with Gasteiger partial charge in [-0.05, 0) is 32.0 Å². The molecule has 6 nitrogen and oxygen atoms in total. The second kappa shape index (κ2) is 8.59. The average Bonchev–Trinajstić information content (AvgIpc) is 2.53. The standard InChI is InChI=1S/C15H23N3O3/c1-2-21-15(19)13-4-5-14(17-12-13)16-6-3-7-18-8-10-20-11-9-18/h4-5,12H,2-3,6-11H2,1H3,(H,16,17). The van der Waals surface area contributed by atoms with Crippen LogP contribution in [0.1, 0.15) is 23.7 Å². The Hall–Kier alpha value is -1.66. The summed E-state index contributed by atoms with van der Waals surface area (Å²) in [5.74, 6) is 0.453. The van der Waals surface area contributed by atoms with E-state index in [9.17, 15) is 4.79 Å².